The van der Waals surface area contributed by atoms with Crippen molar-refractivity contribution < 1.29 is 47.7 Å². The van der Waals surface area contributed by atoms with Crippen LogP contribution in [0, 0.1) is 13.8 Å². The summed E-state index contributed by atoms with van der Waals surface area (Å²) in [6, 6.07) is 9.93. The number of esters is 1. The Hall–Kier alpha value is -8.34. The topological polar surface area (TPSA) is 292 Å². The Morgan fingerprint density at radius 1 is 0.722 bits per heavy atom. The molecule has 380 valence electrons. The maximum absolute atomic E-state index is 13.9. The predicted molar refractivity (Wildman–Crippen MR) is 266 cm³/mol. The van der Waals surface area contributed by atoms with E-state index in [1.54, 1.807) is 66.7 Å². The number of methoxy groups -OCH3 is 1. The van der Waals surface area contributed by atoms with E-state index in [4.69, 9.17) is 50.1 Å². The Morgan fingerprint density at radius 2 is 1.38 bits per heavy atom. The van der Waals surface area contributed by atoms with Gasteiger partial charge in [0.25, 0.3) is 5.91 Å². The van der Waals surface area contributed by atoms with E-state index in [1.165, 1.54) is 0 Å². The van der Waals surface area contributed by atoms with Gasteiger partial charge in [0.2, 0.25) is 17.8 Å². The highest BCUT2D eigenvalue weighted by atomic mass is 16.6. The maximum atomic E-state index is 13.9. The lowest BCUT2D eigenvalue weighted by Gasteiger charge is -2.13. The number of ether oxygens (including phenoxy) is 5. The summed E-state index contributed by atoms with van der Waals surface area (Å²) in [5.41, 5.74) is 16.5. The SMILES string of the molecule is CCOC(=O)CCNC(=O)OCCCOc1cc(C(N)=O)cc2c3cnc(-c4cc(C)nn4CC)nc3n(C/C=C/Cn3c(NC(=O)c4cc(C)nn4CC)nc4cc(C(N)=O)cc(OCCCOC)c43)c12. The minimum Gasteiger partial charge on any atom is -0.491 e. The molecular formula is C49H59N13O10. The Bertz CT molecular complexity index is 3170. The summed E-state index contributed by atoms with van der Waals surface area (Å²) in [6.45, 7) is 11.7. The number of nitrogens with zero attached hydrogens (tertiary/aromatic N) is 9. The summed E-state index contributed by atoms with van der Waals surface area (Å²) >= 11 is 0. The Kier molecular flexibility index (Phi) is 16.8. The number of primary amides is 2. The molecule has 2 aromatic carbocycles. The minimum atomic E-state index is -0.697. The Balaban J connectivity index is 1.26. The first kappa shape index (κ1) is 51.5. The highest BCUT2D eigenvalue weighted by Gasteiger charge is 2.24. The number of nitrogens with one attached hydrogen (secondary N) is 2. The zero-order valence-electron chi connectivity index (χ0n) is 41.2. The van der Waals surface area contributed by atoms with Crippen molar-refractivity contribution in [3.05, 3.63) is 83.0 Å². The van der Waals surface area contributed by atoms with Crippen LogP contribution in [-0.4, -0.2) is 120 Å². The molecule has 0 saturated heterocycles. The first-order chi connectivity index (χ1) is 34.7. The van der Waals surface area contributed by atoms with E-state index in [1.807, 2.05) is 48.2 Å². The molecule has 0 atom stereocenters. The van der Waals surface area contributed by atoms with Gasteiger partial charge in [0.15, 0.2) is 5.82 Å². The van der Waals surface area contributed by atoms with Gasteiger partial charge in [-0.3, -0.25) is 33.9 Å². The molecule has 0 aliphatic carbocycles. The second-order valence-electron chi connectivity index (χ2n) is 16.4. The van der Waals surface area contributed by atoms with Crippen LogP contribution in [0.3, 0.4) is 0 Å². The first-order valence-electron chi connectivity index (χ1n) is 23.6. The maximum Gasteiger partial charge on any atom is 0.407 e. The highest BCUT2D eigenvalue weighted by Crippen LogP contribution is 2.37. The molecule has 0 aliphatic heterocycles. The van der Waals surface area contributed by atoms with Gasteiger partial charge in [0, 0.05) is 87.4 Å². The van der Waals surface area contributed by atoms with Gasteiger partial charge in [-0.15, -0.1) is 0 Å². The van der Waals surface area contributed by atoms with E-state index in [9.17, 15) is 24.0 Å². The summed E-state index contributed by atoms with van der Waals surface area (Å²) in [5, 5.41) is 15.7. The fraction of sp³-hybridized carbons (Fsp3) is 0.388. The molecule has 0 radical (unpaired) electrons. The average Bonchev–Trinajstić information content (AvgIpc) is 4.12. The monoisotopic (exact) mass is 989 g/mol. The number of alkyl carbamates (subject to hydrolysis) is 1. The van der Waals surface area contributed by atoms with Crippen LogP contribution in [0.15, 0.2) is 54.7 Å². The number of amides is 4. The van der Waals surface area contributed by atoms with Crippen LogP contribution in [0.25, 0.3) is 44.5 Å². The van der Waals surface area contributed by atoms with Crippen molar-refractivity contribution in [2.75, 3.05) is 52.0 Å². The molecule has 7 rings (SSSR count). The second kappa shape index (κ2) is 23.5. The number of carbonyl (C=O) groups excluding carboxylic acids is 5. The van der Waals surface area contributed by atoms with Gasteiger partial charge in [0.05, 0.1) is 55.3 Å². The second-order valence-corrected chi connectivity index (χ2v) is 16.4. The normalized spacial score (nSPS) is 11.5. The van der Waals surface area contributed by atoms with E-state index in [-0.39, 0.29) is 76.0 Å². The number of hydrogen-bond donors (Lipinski definition) is 4. The molecule has 0 aliphatic rings. The van der Waals surface area contributed by atoms with Crippen LogP contribution in [0.5, 0.6) is 11.5 Å². The molecule has 23 heteroatoms. The smallest absolute Gasteiger partial charge is 0.407 e. The lowest BCUT2D eigenvalue weighted by molar-refractivity contribution is -0.142. The third-order valence-electron chi connectivity index (χ3n) is 11.3. The van der Waals surface area contributed by atoms with Crippen LogP contribution in [0.1, 0.15) is 82.6 Å². The fourth-order valence-electron chi connectivity index (χ4n) is 8.08. The number of carbonyl (C=O) groups is 5. The van der Waals surface area contributed by atoms with Gasteiger partial charge in [0.1, 0.15) is 34.1 Å². The molecule has 0 spiro atoms. The number of rotatable bonds is 25. The van der Waals surface area contributed by atoms with Gasteiger partial charge in [-0.25, -0.2) is 19.7 Å². The third kappa shape index (κ3) is 11.8. The zero-order valence-corrected chi connectivity index (χ0v) is 41.2. The molecule has 5 heterocycles. The molecule has 7 aromatic rings. The number of aromatic nitrogens is 9. The van der Waals surface area contributed by atoms with E-state index in [0.717, 1.165) is 5.69 Å². The van der Waals surface area contributed by atoms with Crippen molar-refractivity contribution in [2.24, 2.45) is 11.5 Å². The molecule has 0 saturated carbocycles. The summed E-state index contributed by atoms with van der Waals surface area (Å²) in [4.78, 5) is 77.8. The van der Waals surface area contributed by atoms with E-state index < -0.39 is 29.8 Å². The fourth-order valence-corrected chi connectivity index (χ4v) is 8.08. The van der Waals surface area contributed by atoms with Crippen molar-refractivity contribution in [1.82, 2.24) is 49.0 Å². The standard InChI is InChI=1S/C49H59N13O10/c1-7-61-36(22-29(4)57-61)45-53-28-34-33-24-31(43(50)64)26-38(70-20-13-21-72-49(67)52-15-14-40(63)69-9-3)41(33)59(46(34)55-45)16-10-11-17-60-42-35(25-32(44(51)65)27-39(42)71-19-12-18-68-6)54-48(60)56-47(66)37-23-30(5)58-62(37)8-2/h10-11,22-28H,7-9,12-21H2,1-6H3,(H2,50,64)(H2,51,65)(H,52,67)(H,54,56,66)/b11-10+. The number of hydrogen-bond acceptors (Lipinski definition) is 15. The summed E-state index contributed by atoms with van der Waals surface area (Å²) in [7, 11) is 1.59. The lowest BCUT2D eigenvalue weighted by atomic mass is 10.1. The molecule has 6 N–H and O–H groups in total. The summed E-state index contributed by atoms with van der Waals surface area (Å²) in [5.74, 6) is -0.998. The van der Waals surface area contributed by atoms with Crippen LogP contribution in [0.2, 0.25) is 0 Å². The number of allylic oxidation sites excluding steroid dienone is 2. The summed E-state index contributed by atoms with van der Waals surface area (Å²) < 4.78 is 35.1. The van der Waals surface area contributed by atoms with Gasteiger partial charge in [-0.05, 0) is 71.0 Å². The number of anilines is 1. The molecule has 0 unspecified atom stereocenters. The van der Waals surface area contributed by atoms with E-state index in [2.05, 4.69) is 20.8 Å². The number of fused-ring (bicyclic) bond motifs is 4. The molecular weight excluding hydrogens is 931 g/mol. The first-order valence-corrected chi connectivity index (χ1v) is 23.6. The average molecular weight is 990 g/mol. The van der Waals surface area contributed by atoms with Gasteiger partial charge < -0.3 is 49.6 Å². The lowest BCUT2D eigenvalue weighted by Crippen LogP contribution is -2.27. The van der Waals surface area contributed by atoms with Crippen molar-refractivity contribution >= 4 is 68.7 Å². The van der Waals surface area contributed by atoms with Crippen LogP contribution in [0.4, 0.5) is 10.7 Å². The Labute approximate surface area is 413 Å². The third-order valence-corrected chi connectivity index (χ3v) is 11.3. The van der Waals surface area contributed by atoms with Crippen molar-refractivity contribution in [3.8, 4) is 23.0 Å². The van der Waals surface area contributed by atoms with Gasteiger partial charge in [-0.2, -0.15) is 10.2 Å². The Morgan fingerprint density at radius 3 is 2.06 bits per heavy atom. The molecule has 4 amide bonds. The number of imidazole rings is 1. The molecule has 5 aromatic heterocycles. The van der Waals surface area contributed by atoms with Gasteiger partial charge >= 0.3 is 12.1 Å². The molecule has 72 heavy (non-hydrogen) atoms. The molecule has 0 bridgehead atoms. The predicted octanol–water partition coefficient (Wildman–Crippen LogP) is 5.22. The van der Waals surface area contributed by atoms with Crippen molar-refractivity contribution in [3.63, 3.8) is 0 Å². The number of nitrogens with two attached hydrogens (primary N) is 2. The van der Waals surface area contributed by atoms with E-state index in [0.29, 0.717) is 93.5 Å². The highest BCUT2D eigenvalue weighted by molar-refractivity contribution is 6.12. The van der Waals surface area contributed by atoms with E-state index >= 15 is 0 Å². The van der Waals surface area contributed by atoms with Crippen LogP contribution in [-0.2, 0) is 45.2 Å². The van der Waals surface area contributed by atoms with Crippen molar-refractivity contribution in [1.29, 1.82) is 0 Å². The molecule has 23 nitrogen and oxygen atoms in total. The number of aryl methyl sites for hydroxylation is 4. The largest absolute Gasteiger partial charge is 0.491 e. The quantitative estimate of drug-likeness (QED) is 0.0324. The van der Waals surface area contributed by atoms with Crippen LogP contribution < -0.4 is 31.6 Å². The minimum absolute atomic E-state index is 0.00623. The number of benzene rings is 2. The van der Waals surface area contributed by atoms with Crippen LogP contribution >= 0.6 is 0 Å². The zero-order chi connectivity index (χ0) is 51.5. The van der Waals surface area contributed by atoms with Gasteiger partial charge in [-0.1, -0.05) is 12.2 Å². The summed E-state index contributed by atoms with van der Waals surface area (Å²) in [6.07, 6.45) is 5.62. The van der Waals surface area contributed by atoms with Crippen molar-refractivity contribution in [2.45, 2.75) is 80.1 Å². The molecule has 0 fully saturated rings.